The van der Waals surface area contributed by atoms with Gasteiger partial charge in [0, 0.05) is 13.1 Å². The topological polar surface area (TPSA) is 49.5 Å². The van der Waals surface area contributed by atoms with Gasteiger partial charge in [0.05, 0.1) is 5.60 Å². The van der Waals surface area contributed by atoms with E-state index in [9.17, 15) is 5.11 Å². The van der Waals surface area contributed by atoms with Crippen molar-refractivity contribution < 1.29 is 5.11 Å². The SMILES string of the molecule is CCC1CCCN(CC(O)(CN)C2CC2)CC1. The zero-order valence-corrected chi connectivity index (χ0v) is 11.2. The van der Waals surface area contributed by atoms with E-state index in [4.69, 9.17) is 5.73 Å². The lowest BCUT2D eigenvalue weighted by Gasteiger charge is -2.33. The normalized spacial score (nSPS) is 30.9. The molecule has 1 aliphatic heterocycles. The Kier molecular flexibility index (Phi) is 4.45. The van der Waals surface area contributed by atoms with Crippen LogP contribution in [0.15, 0.2) is 0 Å². The Labute approximate surface area is 105 Å². The van der Waals surface area contributed by atoms with Crippen LogP contribution in [-0.4, -0.2) is 41.8 Å². The maximum atomic E-state index is 10.6. The average Bonchev–Trinajstić information content (AvgIpc) is 3.16. The van der Waals surface area contributed by atoms with Crippen molar-refractivity contribution in [1.82, 2.24) is 4.90 Å². The quantitative estimate of drug-likeness (QED) is 0.767. The van der Waals surface area contributed by atoms with Gasteiger partial charge in [-0.25, -0.2) is 0 Å². The Morgan fingerprint density at radius 1 is 1.24 bits per heavy atom. The van der Waals surface area contributed by atoms with Crippen LogP contribution in [0.1, 0.15) is 45.4 Å². The molecule has 1 saturated carbocycles. The van der Waals surface area contributed by atoms with Crippen LogP contribution in [0.5, 0.6) is 0 Å². The lowest BCUT2D eigenvalue weighted by molar-refractivity contribution is -0.00768. The van der Waals surface area contributed by atoms with Gasteiger partial charge in [0.25, 0.3) is 0 Å². The van der Waals surface area contributed by atoms with Crippen LogP contribution in [0, 0.1) is 11.8 Å². The summed E-state index contributed by atoms with van der Waals surface area (Å²) < 4.78 is 0. The molecule has 2 unspecified atom stereocenters. The van der Waals surface area contributed by atoms with Crippen LogP contribution in [0.25, 0.3) is 0 Å². The molecule has 0 bridgehead atoms. The van der Waals surface area contributed by atoms with Gasteiger partial charge < -0.3 is 15.7 Å². The van der Waals surface area contributed by atoms with Crippen molar-refractivity contribution in [1.29, 1.82) is 0 Å². The highest BCUT2D eigenvalue weighted by molar-refractivity contribution is 4.97. The van der Waals surface area contributed by atoms with Crippen LogP contribution in [0.4, 0.5) is 0 Å². The Balaban J connectivity index is 1.85. The zero-order valence-electron chi connectivity index (χ0n) is 11.2. The van der Waals surface area contributed by atoms with E-state index in [-0.39, 0.29) is 0 Å². The molecular weight excluding hydrogens is 212 g/mol. The van der Waals surface area contributed by atoms with Crippen LogP contribution in [0.3, 0.4) is 0 Å². The summed E-state index contributed by atoms with van der Waals surface area (Å²) in [6.45, 7) is 5.80. The van der Waals surface area contributed by atoms with Crippen LogP contribution in [-0.2, 0) is 0 Å². The summed E-state index contributed by atoms with van der Waals surface area (Å²) in [6, 6.07) is 0. The summed E-state index contributed by atoms with van der Waals surface area (Å²) in [5.41, 5.74) is 5.18. The average molecular weight is 240 g/mol. The molecule has 0 aromatic carbocycles. The highest BCUT2D eigenvalue weighted by atomic mass is 16.3. The molecule has 2 atom stereocenters. The van der Waals surface area contributed by atoms with E-state index < -0.39 is 5.60 Å². The van der Waals surface area contributed by atoms with E-state index in [0.29, 0.717) is 12.5 Å². The molecule has 0 aromatic heterocycles. The van der Waals surface area contributed by atoms with Crippen LogP contribution < -0.4 is 5.73 Å². The molecule has 0 aromatic rings. The van der Waals surface area contributed by atoms with Crippen molar-refractivity contribution in [3.8, 4) is 0 Å². The molecule has 2 aliphatic rings. The highest BCUT2D eigenvalue weighted by Gasteiger charge is 2.43. The molecule has 0 radical (unpaired) electrons. The van der Waals surface area contributed by atoms with Gasteiger partial charge >= 0.3 is 0 Å². The van der Waals surface area contributed by atoms with E-state index in [1.165, 1.54) is 38.5 Å². The second-order valence-electron chi connectivity index (χ2n) is 6.06. The fraction of sp³-hybridized carbons (Fsp3) is 1.00. The van der Waals surface area contributed by atoms with Crippen molar-refractivity contribution in [3.05, 3.63) is 0 Å². The van der Waals surface area contributed by atoms with Crippen LogP contribution >= 0.6 is 0 Å². The predicted molar refractivity (Wildman–Crippen MR) is 70.8 cm³/mol. The van der Waals surface area contributed by atoms with Crippen molar-refractivity contribution in [2.24, 2.45) is 17.6 Å². The first-order chi connectivity index (χ1) is 8.18. The summed E-state index contributed by atoms with van der Waals surface area (Å²) in [7, 11) is 0. The van der Waals surface area contributed by atoms with E-state index >= 15 is 0 Å². The standard InChI is InChI=1S/C14H28N2O/c1-2-12-4-3-8-16(9-7-12)11-14(17,10-15)13-5-6-13/h12-13,17H,2-11,15H2,1H3. The van der Waals surface area contributed by atoms with Gasteiger partial charge in [-0.05, 0) is 57.0 Å². The minimum Gasteiger partial charge on any atom is -0.387 e. The molecule has 3 N–H and O–H groups in total. The van der Waals surface area contributed by atoms with Crippen molar-refractivity contribution in [3.63, 3.8) is 0 Å². The largest absolute Gasteiger partial charge is 0.387 e. The zero-order chi connectivity index (χ0) is 12.3. The molecule has 100 valence electrons. The van der Waals surface area contributed by atoms with Gasteiger partial charge in [0.2, 0.25) is 0 Å². The fourth-order valence-corrected chi connectivity index (χ4v) is 3.16. The maximum Gasteiger partial charge on any atom is 0.0923 e. The molecule has 0 amide bonds. The molecule has 2 fully saturated rings. The summed E-state index contributed by atoms with van der Waals surface area (Å²) >= 11 is 0. The molecule has 17 heavy (non-hydrogen) atoms. The molecule has 1 heterocycles. The minimum atomic E-state index is -0.605. The van der Waals surface area contributed by atoms with Gasteiger partial charge in [-0.1, -0.05) is 13.3 Å². The van der Waals surface area contributed by atoms with Gasteiger partial charge in [0.15, 0.2) is 0 Å². The molecule has 2 rings (SSSR count). The number of nitrogens with two attached hydrogens (primary N) is 1. The number of hydrogen-bond donors (Lipinski definition) is 2. The predicted octanol–water partition coefficient (Wildman–Crippen LogP) is 1.60. The summed E-state index contributed by atoms with van der Waals surface area (Å²) in [5, 5.41) is 10.6. The van der Waals surface area contributed by atoms with E-state index in [0.717, 1.165) is 25.6 Å². The van der Waals surface area contributed by atoms with Crippen molar-refractivity contribution in [2.75, 3.05) is 26.2 Å². The number of β-amino-alcohol motifs (C(OH)–C–C–N with tert-alkyl or cyclic N) is 1. The molecule has 1 saturated heterocycles. The number of rotatable bonds is 5. The third-order valence-electron chi connectivity index (χ3n) is 4.71. The molecule has 3 nitrogen and oxygen atoms in total. The number of aliphatic hydroxyl groups is 1. The fourth-order valence-electron chi connectivity index (χ4n) is 3.16. The first-order valence-corrected chi connectivity index (χ1v) is 7.32. The number of nitrogens with zero attached hydrogens (tertiary/aromatic N) is 1. The van der Waals surface area contributed by atoms with Gasteiger partial charge in [-0.2, -0.15) is 0 Å². The Hall–Kier alpha value is -0.120. The third kappa shape index (κ3) is 3.43. The first kappa shape index (κ1) is 13.3. The smallest absolute Gasteiger partial charge is 0.0923 e. The minimum absolute atomic E-state index is 0.422. The van der Waals surface area contributed by atoms with Crippen molar-refractivity contribution in [2.45, 2.75) is 51.0 Å². The van der Waals surface area contributed by atoms with Crippen molar-refractivity contribution >= 4 is 0 Å². The lowest BCUT2D eigenvalue weighted by Crippen LogP contribution is -2.50. The van der Waals surface area contributed by atoms with Gasteiger partial charge in [-0.15, -0.1) is 0 Å². The van der Waals surface area contributed by atoms with E-state index in [2.05, 4.69) is 11.8 Å². The Morgan fingerprint density at radius 2 is 2.00 bits per heavy atom. The molecule has 1 aliphatic carbocycles. The van der Waals surface area contributed by atoms with E-state index in [1.807, 2.05) is 0 Å². The number of hydrogen-bond acceptors (Lipinski definition) is 3. The molecule has 3 heteroatoms. The second kappa shape index (κ2) is 5.68. The Bertz CT molecular complexity index is 242. The molecule has 0 spiro atoms. The monoisotopic (exact) mass is 240 g/mol. The summed E-state index contributed by atoms with van der Waals surface area (Å²) in [6.07, 6.45) is 7.57. The molecular formula is C14H28N2O. The highest BCUT2D eigenvalue weighted by Crippen LogP contribution is 2.40. The first-order valence-electron chi connectivity index (χ1n) is 7.32. The van der Waals surface area contributed by atoms with Crippen LogP contribution in [0.2, 0.25) is 0 Å². The summed E-state index contributed by atoms with van der Waals surface area (Å²) in [5.74, 6) is 1.37. The van der Waals surface area contributed by atoms with E-state index in [1.54, 1.807) is 0 Å². The maximum absolute atomic E-state index is 10.6. The lowest BCUT2D eigenvalue weighted by atomic mass is 9.97. The van der Waals surface area contributed by atoms with Gasteiger partial charge in [0.1, 0.15) is 0 Å². The number of likely N-dealkylation sites (tertiary alicyclic amines) is 1. The second-order valence-corrected chi connectivity index (χ2v) is 6.06. The Morgan fingerprint density at radius 3 is 2.59 bits per heavy atom. The summed E-state index contributed by atoms with van der Waals surface area (Å²) in [4.78, 5) is 2.45. The third-order valence-corrected chi connectivity index (χ3v) is 4.71. The van der Waals surface area contributed by atoms with Gasteiger partial charge in [-0.3, -0.25) is 0 Å².